The molecule has 7 heteroatoms. The number of anilines is 1. The summed E-state index contributed by atoms with van der Waals surface area (Å²) < 4.78 is 5.55. The Morgan fingerprint density at radius 2 is 2.07 bits per heavy atom. The van der Waals surface area contributed by atoms with E-state index >= 15 is 0 Å². The topological polar surface area (TPSA) is 84.2 Å². The number of benzene rings is 1. The van der Waals surface area contributed by atoms with Gasteiger partial charge in [-0.1, -0.05) is 18.1 Å². The zero-order chi connectivity index (χ0) is 19.2. The van der Waals surface area contributed by atoms with E-state index in [2.05, 4.69) is 21.5 Å². The van der Waals surface area contributed by atoms with Gasteiger partial charge in [-0.2, -0.15) is 0 Å². The fraction of sp³-hybridized carbons (Fsp3) is 0.150. The van der Waals surface area contributed by atoms with Gasteiger partial charge < -0.3 is 15.1 Å². The van der Waals surface area contributed by atoms with Gasteiger partial charge in [0, 0.05) is 5.38 Å². The molecule has 2 aromatic heterocycles. The third kappa shape index (κ3) is 4.63. The van der Waals surface area contributed by atoms with Crippen molar-refractivity contribution in [3.05, 3.63) is 58.8 Å². The minimum atomic E-state index is -0.340. The maximum absolute atomic E-state index is 12.4. The summed E-state index contributed by atoms with van der Waals surface area (Å²) in [5.74, 6) is 3.23. The molecule has 3 aromatic rings. The summed E-state index contributed by atoms with van der Waals surface area (Å²) in [7, 11) is 0. The molecule has 0 unspecified atom stereocenters. The second kappa shape index (κ2) is 8.34. The number of nitrogens with one attached hydrogen (secondary N) is 2. The van der Waals surface area contributed by atoms with Crippen LogP contribution < -0.4 is 10.6 Å². The van der Waals surface area contributed by atoms with Gasteiger partial charge in [-0.3, -0.25) is 9.59 Å². The third-order valence-corrected chi connectivity index (χ3v) is 4.55. The minimum absolute atomic E-state index is 0.0937. The first-order valence-corrected chi connectivity index (χ1v) is 9.06. The SMILES string of the molecule is C#CCNC(=O)c1ccccc1NC(=O)Cc1csc(-c2ccc(C)o2)n1. The van der Waals surface area contributed by atoms with Crippen molar-refractivity contribution < 1.29 is 14.0 Å². The molecule has 6 nitrogen and oxygen atoms in total. The molecular weight excluding hydrogens is 362 g/mol. The van der Waals surface area contributed by atoms with Gasteiger partial charge >= 0.3 is 0 Å². The minimum Gasteiger partial charge on any atom is -0.459 e. The number of furan rings is 1. The molecule has 0 saturated heterocycles. The van der Waals surface area contributed by atoms with Crippen LogP contribution in [0.3, 0.4) is 0 Å². The van der Waals surface area contributed by atoms with Crippen molar-refractivity contribution in [1.82, 2.24) is 10.3 Å². The number of terminal acetylenes is 1. The van der Waals surface area contributed by atoms with Crippen LogP contribution in [-0.2, 0) is 11.2 Å². The molecule has 1 aromatic carbocycles. The van der Waals surface area contributed by atoms with Gasteiger partial charge in [0.25, 0.3) is 5.91 Å². The largest absolute Gasteiger partial charge is 0.459 e. The lowest BCUT2D eigenvalue weighted by Crippen LogP contribution is -2.25. The molecule has 0 aliphatic carbocycles. The summed E-state index contributed by atoms with van der Waals surface area (Å²) >= 11 is 1.41. The van der Waals surface area contributed by atoms with E-state index in [0.29, 0.717) is 22.7 Å². The van der Waals surface area contributed by atoms with Crippen molar-refractivity contribution in [2.75, 3.05) is 11.9 Å². The van der Waals surface area contributed by atoms with Crippen molar-refractivity contribution in [1.29, 1.82) is 0 Å². The quantitative estimate of drug-likeness (QED) is 0.644. The van der Waals surface area contributed by atoms with Crippen molar-refractivity contribution in [2.45, 2.75) is 13.3 Å². The van der Waals surface area contributed by atoms with Crippen molar-refractivity contribution >= 4 is 28.8 Å². The average molecular weight is 379 g/mol. The van der Waals surface area contributed by atoms with Crippen molar-refractivity contribution in [2.24, 2.45) is 0 Å². The number of carbonyl (C=O) groups excluding carboxylic acids is 2. The molecule has 0 aliphatic rings. The molecule has 136 valence electrons. The summed E-state index contributed by atoms with van der Waals surface area (Å²) in [4.78, 5) is 29.0. The van der Waals surface area contributed by atoms with Crippen LogP contribution in [0.2, 0.25) is 0 Å². The Kier molecular flexibility index (Phi) is 5.69. The number of para-hydroxylation sites is 1. The number of aryl methyl sites for hydroxylation is 1. The Morgan fingerprint density at radius 3 is 2.81 bits per heavy atom. The van der Waals surface area contributed by atoms with E-state index in [9.17, 15) is 9.59 Å². The summed E-state index contributed by atoms with van der Waals surface area (Å²) in [6.45, 7) is 1.98. The van der Waals surface area contributed by atoms with Crippen LogP contribution in [0, 0.1) is 19.3 Å². The number of amides is 2. The molecule has 0 saturated carbocycles. The van der Waals surface area contributed by atoms with E-state index in [4.69, 9.17) is 10.8 Å². The first-order valence-electron chi connectivity index (χ1n) is 8.18. The van der Waals surface area contributed by atoms with Gasteiger partial charge in [-0.05, 0) is 31.2 Å². The molecule has 2 amide bonds. The Bertz CT molecular complexity index is 1010. The highest BCUT2D eigenvalue weighted by molar-refractivity contribution is 7.13. The fourth-order valence-electron chi connectivity index (χ4n) is 2.43. The predicted octanol–water partition coefficient (Wildman–Crippen LogP) is 3.26. The summed E-state index contributed by atoms with van der Waals surface area (Å²) in [6, 6.07) is 10.5. The molecule has 0 fully saturated rings. The van der Waals surface area contributed by atoms with E-state index in [-0.39, 0.29) is 24.8 Å². The standard InChI is InChI=1S/C20H17N3O3S/c1-3-10-21-19(25)15-6-4-5-7-16(15)23-18(24)11-14-12-27-20(22-14)17-9-8-13(2)26-17/h1,4-9,12H,10-11H2,2H3,(H,21,25)(H,23,24). The molecule has 27 heavy (non-hydrogen) atoms. The number of hydrogen-bond donors (Lipinski definition) is 2. The van der Waals surface area contributed by atoms with E-state index in [1.54, 1.807) is 24.3 Å². The molecule has 0 bridgehead atoms. The second-order valence-electron chi connectivity index (χ2n) is 5.71. The monoisotopic (exact) mass is 379 g/mol. The zero-order valence-corrected chi connectivity index (χ0v) is 15.4. The molecular formula is C20H17N3O3S. The highest BCUT2D eigenvalue weighted by atomic mass is 32.1. The van der Waals surface area contributed by atoms with Crippen LogP contribution in [0.25, 0.3) is 10.8 Å². The first kappa shape index (κ1) is 18.4. The zero-order valence-electron chi connectivity index (χ0n) is 14.6. The molecule has 0 atom stereocenters. The fourth-order valence-corrected chi connectivity index (χ4v) is 3.21. The van der Waals surface area contributed by atoms with E-state index in [0.717, 1.165) is 10.8 Å². The number of hydrogen-bond acceptors (Lipinski definition) is 5. The summed E-state index contributed by atoms with van der Waals surface area (Å²) in [6.07, 6.45) is 5.25. The molecule has 2 N–H and O–H groups in total. The number of thiazole rings is 1. The van der Waals surface area contributed by atoms with Crippen LogP contribution in [0.4, 0.5) is 5.69 Å². The second-order valence-corrected chi connectivity index (χ2v) is 6.57. The van der Waals surface area contributed by atoms with E-state index in [1.165, 1.54) is 11.3 Å². The Balaban J connectivity index is 1.67. The van der Waals surface area contributed by atoms with Gasteiger partial charge in [-0.15, -0.1) is 17.8 Å². The van der Waals surface area contributed by atoms with Gasteiger partial charge in [0.15, 0.2) is 10.8 Å². The molecule has 3 rings (SSSR count). The Morgan fingerprint density at radius 1 is 1.26 bits per heavy atom. The highest BCUT2D eigenvalue weighted by Crippen LogP contribution is 2.26. The van der Waals surface area contributed by atoms with Crippen LogP contribution in [0.15, 0.2) is 46.2 Å². The van der Waals surface area contributed by atoms with Crippen LogP contribution in [-0.4, -0.2) is 23.3 Å². The van der Waals surface area contributed by atoms with E-state index < -0.39 is 0 Å². The lowest BCUT2D eigenvalue weighted by molar-refractivity contribution is -0.115. The highest BCUT2D eigenvalue weighted by Gasteiger charge is 2.15. The predicted molar refractivity (Wildman–Crippen MR) is 104 cm³/mol. The maximum atomic E-state index is 12.4. The number of nitrogens with zero attached hydrogens (tertiary/aromatic N) is 1. The number of rotatable bonds is 6. The summed E-state index contributed by atoms with van der Waals surface area (Å²) in [5.41, 5.74) is 1.41. The summed E-state index contributed by atoms with van der Waals surface area (Å²) in [5, 5.41) is 7.89. The lowest BCUT2D eigenvalue weighted by Gasteiger charge is -2.10. The average Bonchev–Trinajstić information content (AvgIpc) is 3.29. The van der Waals surface area contributed by atoms with Crippen LogP contribution in [0.1, 0.15) is 21.8 Å². The Hall–Kier alpha value is -3.37. The number of carbonyl (C=O) groups is 2. The first-order chi connectivity index (χ1) is 13.1. The van der Waals surface area contributed by atoms with Gasteiger partial charge in [-0.25, -0.2) is 4.98 Å². The molecule has 0 radical (unpaired) electrons. The van der Waals surface area contributed by atoms with Gasteiger partial charge in [0.2, 0.25) is 5.91 Å². The smallest absolute Gasteiger partial charge is 0.254 e. The van der Waals surface area contributed by atoms with Crippen molar-refractivity contribution in [3.63, 3.8) is 0 Å². The molecule has 2 heterocycles. The maximum Gasteiger partial charge on any atom is 0.254 e. The van der Waals surface area contributed by atoms with Gasteiger partial charge in [0.1, 0.15) is 5.76 Å². The van der Waals surface area contributed by atoms with Crippen LogP contribution >= 0.6 is 11.3 Å². The molecule has 0 spiro atoms. The normalized spacial score (nSPS) is 10.2. The lowest BCUT2D eigenvalue weighted by atomic mass is 10.1. The Labute approximate surface area is 160 Å². The third-order valence-electron chi connectivity index (χ3n) is 3.64. The molecule has 0 aliphatic heterocycles. The van der Waals surface area contributed by atoms with Crippen LogP contribution in [0.5, 0.6) is 0 Å². The van der Waals surface area contributed by atoms with Gasteiger partial charge in [0.05, 0.1) is 29.9 Å². The number of aromatic nitrogens is 1. The van der Waals surface area contributed by atoms with E-state index in [1.807, 2.05) is 24.4 Å². The van der Waals surface area contributed by atoms with Crippen molar-refractivity contribution in [3.8, 4) is 23.1 Å².